The Kier molecular flexibility index (Phi) is 5.54. The second kappa shape index (κ2) is 8.59. The van der Waals surface area contributed by atoms with Crippen molar-refractivity contribution < 1.29 is 19.4 Å². The topological polar surface area (TPSA) is 88.5 Å². The van der Waals surface area contributed by atoms with Crippen LogP contribution in [0.3, 0.4) is 0 Å². The lowest BCUT2D eigenvalue weighted by Gasteiger charge is -2.08. The Morgan fingerprint density at radius 3 is 2.47 bits per heavy atom. The molecule has 0 aliphatic rings. The molecule has 30 heavy (non-hydrogen) atoms. The highest BCUT2D eigenvalue weighted by molar-refractivity contribution is 7.17. The zero-order valence-corrected chi connectivity index (χ0v) is 16.4. The lowest BCUT2D eigenvalue weighted by atomic mass is 10.1. The molecule has 0 bridgehead atoms. The molecular weight excluding hydrogens is 400 g/mol. The van der Waals surface area contributed by atoms with Crippen LogP contribution in [0.15, 0.2) is 85.1 Å². The second-order valence-electron chi connectivity index (χ2n) is 6.31. The SMILES string of the molecule is O=C(O)c1cccc(-c2ncc(C(=O)Nc3cccc(Oc4ccccc4)c3)s2)c1. The van der Waals surface area contributed by atoms with E-state index in [0.29, 0.717) is 32.6 Å². The van der Waals surface area contributed by atoms with Gasteiger partial charge in [0.1, 0.15) is 21.4 Å². The molecule has 148 valence electrons. The van der Waals surface area contributed by atoms with E-state index in [2.05, 4.69) is 10.3 Å². The van der Waals surface area contributed by atoms with E-state index in [0.717, 1.165) is 0 Å². The Balaban J connectivity index is 1.48. The number of para-hydroxylation sites is 1. The normalized spacial score (nSPS) is 10.4. The van der Waals surface area contributed by atoms with Crippen molar-refractivity contribution in [3.63, 3.8) is 0 Å². The maximum atomic E-state index is 12.6. The average molecular weight is 416 g/mol. The van der Waals surface area contributed by atoms with E-state index < -0.39 is 5.97 Å². The molecule has 6 nitrogen and oxygen atoms in total. The van der Waals surface area contributed by atoms with Crippen LogP contribution >= 0.6 is 11.3 Å². The third-order valence-corrected chi connectivity index (χ3v) is 5.20. The molecule has 0 atom stereocenters. The number of benzene rings is 3. The first-order valence-corrected chi connectivity index (χ1v) is 9.84. The zero-order chi connectivity index (χ0) is 20.9. The fourth-order valence-corrected chi connectivity index (χ4v) is 3.56. The predicted octanol–water partition coefficient (Wildman–Crippen LogP) is 5.55. The predicted molar refractivity (Wildman–Crippen MR) is 115 cm³/mol. The van der Waals surface area contributed by atoms with Gasteiger partial charge in [0.15, 0.2) is 0 Å². The maximum Gasteiger partial charge on any atom is 0.335 e. The number of aromatic nitrogens is 1. The number of nitrogens with one attached hydrogen (secondary N) is 1. The van der Waals surface area contributed by atoms with E-state index >= 15 is 0 Å². The fourth-order valence-electron chi connectivity index (χ4n) is 2.75. The highest BCUT2D eigenvalue weighted by atomic mass is 32.1. The first-order valence-electron chi connectivity index (χ1n) is 9.02. The number of aromatic carboxylic acids is 1. The first-order chi connectivity index (χ1) is 14.6. The molecule has 0 radical (unpaired) electrons. The van der Waals surface area contributed by atoms with Crippen LogP contribution in [0, 0.1) is 0 Å². The Morgan fingerprint density at radius 2 is 1.67 bits per heavy atom. The molecule has 0 saturated heterocycles. The van der Waals surface area contributed by atoms with Crippen molar-refractivity contribution in [1.82, 2.24) is 4.98 Å². The van der Waals surface area contributed by atoms with Crippen LogP contribution in [-0.4, -0.2) is 22.0 Å². The van der Waals surface area contributed by atoms with Gasteiger partial charge in [0.2, 0.25) is 0 Å². The van der Waals surface area contributed by atoms with Crippen LogP contribution in [0.4, 0.5) is 5.69 Å². The molecular formula is C23H16N2O4S. The lowest BCUT2D eigenvalue weighted by molar-refractivity contribution is 0.0696. The van der Waals surface area contributed by atoms with Gasteiger partial charge in [-0.15, -0.1) is 11.3 Å². The summed E-state index contributed by atoms with van der Waals surface area (Å²) in [6, 6.07) is 22.9. The Hall–Kier alpha value is -3.97. The second-order valence-corrected chi connectivity index (χ2v) is 7.34. The third-order valence-electron chi connectivity index (χ3n) is 4.16. The number of thiazole rings is 1. The zero-order valence-electron chi connectivity index (χ0n) is 15.6. The molecule has 0 fully saturated rings. The van der Waals surface area contributed by atoms with Gasteiger partial charge in [0.25, 0.3) is 5.91 Å². The van der Waals surface area contributed by atoms with Gasteiger partial charge in [-0.2, -0.15) is 0 Å². The summed E-state index contributed by atoms with van der Waals surface area (Å²) in [5.41, 5.74) is 1.41. The van der Waals surface area contributed by atoms with Crippen LogP contribution in [-0.2, 0) is 0 Å². The van der Waals surface area contributed by atoms with Gasteiger partial charge in [0, 0.05) is 17.3 Å². The number of carboxylic acid groups (broad SMARTS) is 1. The molecule has 4 aromatic rings. The summed E-state index contributed by atoms with van der Waals surface area (Å²) in [7, 11) is 0. The van der Waals surface area contributed by atoms with Gasteiger partial charge in [-0.05, 0) is 36.4 Å². The monoisotopic (exact) mass is 416 g/mol. The molecule has 3 aromatic carbocycles. The number of amides is 1. The van der Waals surface area contributed by atoms with Crippen molar-refractivity contribution >= 4 is 28.9 Å². The van der Waals surface area contributed by atoms with E-state index in [1.54, 1.807) is 30.3 Å². The smallest absolute Gasteiger partial charge is 0.335 e. The Labute approximate surface area is 176 Å². The highest BCUT2D eigenvalue weighted by Gasteiger charge is 2.14. The van der Waals surface area contributed by atoms with Crippen molar-refractivity contribution in [3.8, 4) is 22.1 Å². The van der Waals surface area contributed by atoms with Crippen molar-refractivity contribution in [2.24, 2.45) is 0 Å². The summed E-state index contributed by atoms with van der Waals surface area (Å²) in [5.74, 6) is 0.000113. The minimum Gasteiger partial charge on any atom is -0.478 e. The van der Waals surface area contributed by atoms with E-state index in [4.69, 9.17) is 9.84 Å². The molecule has 0 spiro atoms. The number of rotatable bonds is 6. The van der Waals surface area contributed by atoms with E-state index in [1.165, 1.54) is 29.7 Å². The summed E-state index contributed by atoms with van der Waals surface area (Å²) < 4.78 is 5.79. The van der Waals surface area contributed by atoms with Crippen molar-refractivity contribution in [2.45, 2.75) is 0 Å². The van der Waals surface area contributed by atoms with Gasteiger partial charge >= 0.3 is 5.97 Å². The number of anilines is 1. The largest absolute Gasteiger partial charge is 0.478 e. The number of hydrogen-bond donors (Lipinski definition) is 2. The Morgan fingerprint density at radius 1 is 0.900 bits per heavy atom. The third kappa shape index (κ3) is 4.53. The van der Waals surface area contributed by atoms with Crippen LogP contribution in [0.5, 0.6) is 11.5 Å². The molecule has 1 aromatic heterocycles. The molecule has 4 rings (SSSR count). The molecule has 0 aliphatic heterocycles. The van der Waals surface area contributed by atoms with Crippen molar-refractivity contribution in [1.29, 1.82) is 0 Å². The number of hydrogen-bond acceptors (Lipinski definition) is 5. The summed E-state index contributed by atoms with van der Waals surface area (Å²) in [4.78, 5) is 28.5. The Bertz CT molecular complexity index is 1200. The van der Waals surface area contributed by atoms with Crippen molar-refractivity contribution in [3.05, 3.63) is 95.5 Å². The average Bonchev–Trinajstić information content (AvgIpc) is 3.25. The number of carbonyl (C=O) groups excluding carboxylic acids is 1. The van der Waals surface area contributed by atoms with Crippen LogP contribution in [0.1, 0.15) is 20.0 Å². The number of ether oxygens (including phenoxy) is 1. The minimum atomic E-state index is -1.01. The summed E-state index contributed by atoms with van der Waals surface area (Å²) in [6.07, 6.45) is 1.48. The maximum absolute atomic E-state index is 12.6. The molecule has 0 saturated carbocycles. The molecule has 7 heteroatoms. The van der Waals surface area contributed by atoms with Crippen LogP contribution < -0.4 is 10.1 Å². The van der Waals surface area contributed by atoms with Crippen LogP contribution in [0.25, 0.3) is 10.6 Å². The van der Waals surface area contributed by atoms with Gasteiger partial charge in [0.05, 0.1) is 11.8 Å². The van der Waals surface area contributed by atoms with Gasteiger partial charge in [-0.1, -0.05) is 36.4 Å². The number of carboxylic acids is 1. The number of carbonyl (C=O) groups is 2. The van der Waals surface area contributed by atoms with E-state index in [9.17, 15) is 9.59 Å². The molecule has 2 N–H and O–H groups in total. The summed E-state index contributed by atoms with van der Waals surface area (Å²) in [6.45, 7) is 0. The van der Waals surface area contributed by atoms with Gasteiger partial charge in [-0.25, -0.2) is 9.78 Å². The first kappa shape index (κ1) is 19.4. The van der Waals surface area contributed by atoms with Crippen LogP contribution in [0.2, 0.25) is 0 Å². The molecule has 1 heterocycles. The summed E-state index contributed by atoms with van der Waals surface area (Å²) >= 11 is 1.19. The standard InChI is InChI=1S/C23H16N2O4S/c26-21(20-14-24-22(30-20)15-6-4-7-16(12-15)23(27)28)25-17-8-5-11-19(13-17)29-18-9-2-1-3-10-18/h1-14H,(H,25,26)(H,27,28). The summed E-state index contributed by atoms with van der Waals surface area (Å²) in [5, 5.41) is 12.5. The van der Waals surface area contributed by atoms with Crippen molar-refractivity contribution in [2.75, 3.05) is 5.32 Å². The minimum absolute atomic E-state index is 0.170. The van der Waals surface area contributed by atoms with E-state index in [1.807, 2.05) is 36.4 Å². The molecule has 0 aliphatic carbocycles. The molecule has 0 unspecified atom stereocenters. The van der Waals surface area contributed by atoms with Gasteiger partial charge in [-0.3, -0.25) is 4.79 Å². The molecule has 1 amide bonds. The fraction of sp³-hybridized carbons (Fsp3) is 0. The van der Waals surface area contributed by atoms with E-state index in [-0.39, 0.29) is 11.5 Å². The van der Waals surface area contributed by atoms with Gasteiger partial charge < -0.3 is 15.2 Å². The highest BCUT2D eigenvalue weighted by Crippen LogP contribution is 2.28. The lowest BCUT2D eigenvalue weighted by Crippen LogP contribution is -2.10. The quantitative estimate of drug-likeness (QED) is 0.430. The number of nitrogens with zero attached hydrogens (tertiary/aromatic N) is 1.